The number of nitrogens with two attached hydrogens (primary N) is 1. The van der Waals surface area contributed by atoms with Gasteiger partial charge in [0.2, 0.25) is 0 Å². The molecule has 21 heavy (non-hydrogen) atoms. The fourth-order valence-electron chi connectivity index (χ4n) is 3.58. The summed E-state index contributed by atoms with van der Waals surface area (Å²) in [7, 11) is 2.29. The second-order valence-electron chi connectivity index (χ2n) is 7.05. The van der Waals surface area contributed by atoms with Crippen molar-refractivity contribution in [2.24, 2.45) is 11.7 Å². The van der Waals surface area contributed by atoms with E-state index in [0.717, 1.165) is 13.0 Å². The van der Waals surface area contributed by atoms with Crippen molar-refractivity contribution in [2.45, 2.75) is 64.0 Å². The molecule has 0 aromatic heterocycles. The standard InChI is InChI=1S/C19H32N2/c1-15(2)18(20)13-14-21(3)19-12-8-7-11-17(19)16-9-5-4-6-10-16/h4-6,9-10,15,17-19H,7-8,11-14,20H2,1-3H3. The Kier molecular flexibility index (Phi) is 6.25. The van der Waals surface area contributed by atoms with Crippen molar-refractivity contribution in [1.29, 1.82) is 0 Å². The minimum atomic E-state index is 0.325. The van der Waals surface area contributed by atoms with Crippen LogP contribution in [0.15, 0.2) is 30.3 Å². The van der Waals surface area contributed by atoms with Crippen LogP contribution in [0.2, 0.25) is 0 Å². The van der Waals surface area contributed by atoms with Crippen molar-refractivity contribution < 1.29 is 0 Å². The molecular formula is C19H32N2. The maximum Gasteiger partial charge on any atom is 0.0161 e. The van der Waals surface area contributed by atoms with Crippen LogP contribution in [0, 0.1) is 5.92 Å². The van der Waals surface area contributed by atoms with Gasteiger partial charge in [0.15, 0.2) is 0 Å². The Morgan fingerprint density at radius 1 is 1.14 bits per heavy atom. The van der Waals surface area contributed by atoms with Crippen LogP contribution in [0.1, 0.15) is 57.4 Å². The van der Waals surface area contributed by atoms with Gasteiger partial charge in [0.1, 0.15) is 0 Å². The van der Waals surface area contributed by atoms with Gasteiger partial charge in [-0.1, -0.05) is 57.0 Å². The Morgan fingerprint density at radius 2 is 1.81 bits per heavy atom. The quantitative estimate of drug-likeness (QED) is 0.856. The van der Waals surface area contributed by atoms with Crippen LogP contribution >= 0.6 is 0 Å². The zero-order chi connectivity index (χ0) is 15.2. The van der Waals surface area contributed by atoms with E-state index >= 15 is 0 Å². The normalized spacial score (nSPS) is 24.5. The summed E-state index contributed by atoms with van der Waals surface area (Å²) in [6, 6.07) is 12.1. The van der Waals surface area contributed by atoms with Gasteiger partial charge in [-0.15, -0.1) is 0 Å². The SMILES string of the molecule is CC(C)C(N)CCN(C)C1CCCCC1c1ccccc1. The molecule has 1 saturated carbocycles. The van der Waals surface area contributed by atoms with E-state index in [4.69, 9.17) is 5.73 Å². The maximum absolute atomic E-state index is 6.21. The molecule has 0 bridgehead atoms. The molecule has 0 saturated heterocycles. The van der Waals surface area contributed by atoms with Crippen molar-refractivity contribution in [3.63, 3.8) is 0 Å². The molecule has 2 N–H and O–H groups in total. The zero-order valence-electron chi connectivity index (χ0n) is 14.0. The lowest BCUT2D eigenvalue weighted by molar-refractivity contribution is 0.160. The van der Waals surface area contributed by atoms with E-state index in [1.165, 1.54) is 31.2 Å². The van der Waals surface area contributed by atoms with Crippen molar-refractivity contribution in [2.75, 3.05) is 13.6 Å². The summed E-state index contributed by atoms with van der Waals surface area (Å²) in [5.74, 6) is 1.27. The summed E-state index contributed by atoms with van der Waals surface area (Å²) in [5.41, 5.74) is 7.73. The number of benzene rings is 1. The fraction of sp³-hybridized carbons (Fsp3) is 0.684. The lowest BCUT2D eigenvalue weighted by Crippen LogP contribution is -2.41. The van der Waals surface area contributed by atoms with Crippen molar-refractivity contribution >= 4 is 0 Å². The van der Waals surface area contributed by atoms with Gasteiger partial charge in [0.05, 0.1) is 0 Å². The molecule has 1 aliphatic rings. The number of likely N-dealkylation sites (N-methyl/N-ethyl adjacent to an activating group) is 1. The van der Waals surface area contributed by atoms with E-state index in [-0.39, 0.29) is 0 Å². The molecule has 0 spiro atoms. The van der Waals surface area contributed by atoms with Crippen LogP contribution in [-0.4, -0.2) is 30.6 Å². The van der Waals surface area contributed by atoms with Gasteiger partial charge in [-0.25, -0.2) is 0 Å². The molecule has 2 nitrogen and oxygen atoms in total. The number of hydrogen-bond acceptors (Lipinski definition) is 2. The highest BCUT2D eigenvalue weighted by atomic mass is 15.1. The largest absolute Gasteiger partial charge is 0.327 e. The molecule has 1 aromatic rings. The summed E-state index contributed by atoms with van der Waals surface area (Å²) in [5, 5.41) is 0. The Hall–Kier alpha value is -0.860. The van der Waals surface area contributed by atoms with Gasteiger partial charge in [0.25, 0.3) is 0 Å². The van der Waals surface area contributed by atoms with E-state index in [9.17, 15) is 0 Å². The molecule has 0 amide bonds. The molecule has 1 fully saturated rings. The van der Waals surface area contributed by atoms with E-state index in [1.807, 2.05) is 0 Å². The third-order valence-corrected chi connectivity index (χ3v) is 5.19. The molecular weight excluding hydrogens is 256 g/mol. The van der Waals surface area contributed by atoms with Gasteiger partial charge in [-0.05, 0) is 50.3 Å². The van der Waals surface area contributed by atoms with Crippen LogP contribution in [-0.2, 0) is 0 Å². The Balaban J connectivity index is 1.98. The maximum atomic E-state index is 6.21. The zero-order valence-corrected chi connectivity index (χ0v) is 14.0. The van der Waals surface area contributed by atoms with Crippen molar-refractivity contribution in [3.05, 3.63) is 35.9 Å². The molecule has 3 atom stereocenters. The lowest BCUT2D eigenvalue weighted by Gasteiger charge is -2.39. The minimum absolute atomic E-state index is 0.325. The summed E-state index contributed by atoms with van der Waals surface area (Å²) < 4.78 is 0. The minimum Gasteiger partial charge on any atom is -0.327 e. The van der Waals surface area contributed by atoms with Gasteiger partial charge in [0, 0.05) is 12.1 Å². The van der Waals surface area contributed by atoms with Gasteiger partial charge in [-0.3, -0.25) is 0 Å². The highest BCUT2D eigenvalue weighted by molar-refractivity contribution is 5.22. The third kappa shape index (κ3) is 4.55. The van der Waals surface area contributed by atoms with Gasteiger partial charge < -0.3 is 10.6 Å². The summed E-state index contributed by atoms with van der Waals surface area (Å²) >= 11 is 0. The molecule has 0 radical (unpaired) electrons. The van der Waals surface area contributed by atoms with E-state index < -0.39 is 0 Å². The van der Waals surface area contributed by atoms with E-state index in [2.05, 4.69) is 56.1 Å². The molecule has 2 heteroatoms. The first-order valence-corrected chi connectivity index (χ1v) is 8.60. The topological polar surface area (TPSA) is 29.3 Å². The molecule has 0 aliphatic heterocycles. The molecule has 1 aliphatic carbocycles. The average molecular weight is 288 g/mol. The lowest BCUT2D eigenvalue weighted by atomic mass is 9.79. The highest BCUT2D eigenvalue weighted by Gasteiger charge is 2.29. The number of nitrogens with zero attached hydrogens (tertiary/aromatic N) is 1. The van der Waals surface area contributed by atoms with Crippen LogP contribution in [0.4, 0.5) is 0 Å². The van der Waals surface area contributed by atoms with Crippen LogP contribution in [0.25, 0.3) is 0 Å². The third-order valence-electron chi connectivity index (χ3n) is 5.19. The first-order chi connectivity index (χ1) is 10.1. The summed E-state index contributed by atoms with van der Waals surface area (Å²) in [6.45, 7) is 5.56. The number of hydrogen-bond donors (Lipinski definition) is 1. The van der Waals surface area contributed by atoms with E-state index in [0.29, 0.717) is 23.9 Å². The Labute approximate surface area is 130 Å². The first kappa shape index (κ1) is 16.5. The Morgan fingerprint density at radius 3 is 2.48 bits per heavy atom. The van der Waals surface area contributed by atoms with Crippen LogP contribution in [0.3, 0.4) is 0 Å². The monoisotopic (exact) mass is 288 g/mol. The number of rotatable bonds is 6. The molecule has 118 valence electrons. The predicted octanol–water partition coefficient (Wildman–Crippen LogP) is 4.02. The van der Waals surface area contributed by atoms with Crippen LogP contribution < -0.4 is 5.73 Å². The average Bonchev–Trinajstić information content (AvgIpc) is 2.53. The van der Waals surface area contributed by atoms with Gasteiger partial charge in [-0.2, -0.15) is 0 Å². The Bertz CT molecular complexity index is 401. The van der Waals surface area contributed by atoms with Crippen molar-refractivity contribution in [1.82, 2.24) is 4.90 Å². The predicted molar refractivity (Wildman–Crippen MR) is 91.5 cm³/mol. The molecule has 2 rings (SSSR count). The summed E-state index contributed by atoms with van der Waals surface area (Å²) in [6.07, 6.45) is 6.50. The van der Waals surface area contributed by atoms with Crippen molar-refractivity contribution in [3.8, 4) is 0 Å². The summed E-state index contributed by atoms with van der Waals surface area (Å²) in [4.78, 5) is 2.57. The van der Waals surface area contributed by atoms with Crippen LogP contribution in [0.5, 0.6) is 0 Å². The smallest absolute Gasteiger partial charge is 0.0161 e. The highest BCUT2D eigenvalue weighted by Crippen LogP contribution is 2.35. The van der Waals surface area contributed by atoms with Gasteiger partial charge >= 0.3 is 0 Å². The fourth-order valence-corrected chi connectivity index (χ4v) is 3.58. The second kappa shape index (κ2) is 7.95. The molecule has 1 aromatic carbocycles. The second-order valence-corrected chi connectivity index (χ2v) is 7.05. The molecule has 0 heterocycles. The van der Waals surface area contributed by atoms with E-state index in [1.54, 1.807) is 0 Å². The molecule has 3 unspecified atom stereocenters. The first-order valence-electron chi connectivity index (χ1n) is 8.60.